The number of nitrogens with zero attached hydrogens (tertiary/aromatic N) is 1. The third-order valence-electron chi connectivity index (χ3n) is 4.62. The van der Waals surface area contributed by atoms with E-state index in [0.29, 0.717) is 12.1 Å². The summed E-state index contributed by atoms with van der Waals surface area (Å²) >= 11 is 0. The third-order valence-corrected chi connectivity index (χ3v) is 4.62. The summed E-state index contributed by atoms with van der Waals surface area (Å²) < 4.78 is 0. The molecule has 1 N–H and O–H groups in total. The molecule has 2 nitrogen and oxygen atoms in total. The van der Waals surface area contributed by atoms with E-state index >= 15 is 0 Å². The molecule has 1 saturated heterocycles. The largest absolute Gasteiger partial charge is 0.369 e. The molecule has 118 valence electrons. The Kier molecular flexibility index (Phi) is 5.32. The van der Waals surface area contributed by atoms with Gasteiger partial charge in [-0.3, -0.25) is 0 Å². The highest BCUT2D eigenvalue weighted by Gasteiger charge is 2.25. The van der Waals surface area contributed by atoms with Crippen molar-refractivity contribution in [3.05, 3.63) is 29.8 Å². The lowest BCUT2D eigenvalue weighted by molar-refractivity contribution is 0.369. The van der Waals surface area contributed by atoms with Crippen LogP contribution in [0.3, 0.4) is 0 Å². The molecule has 0 aromatic heterocycles. The number of anilines is 1. The molecule has 0 radical (unpaired) electrons. The maximum absolute atomic E-state index is 3.68. The molecule has 1 aromatic rings. The summed E-state index contributed by atoms with van der Waals surface area (Å²) in [5.41, 5.74) is 3.03. The number of rotatable bonds is 4. The molecule has 2 heteroatoms. The second kappa shape index (κ2) is 6.83. The van der Waals surface area contributed by atoms with Gasteiger partial charge in [0.25, 0.3) is 0 Å². The fraction of sp³-hybridized carbons (Fsp3) is 0.684. The zero-order valence-electron chi connectivity index (χ0n) is 14.4. The van der Waals surface area contributed by atoms with Crippen molar-refractivity contribution in [1.29, 1.82) is 0 Å². The molecule has 1 aromatic carbocycles. The molecule has 0 spiro atoms. The van der Waals surface area contributed by atoms with Gasteiger partial charge in [0.15, 0.2) is 0 Å². The van der Waals surface area contributed by atoms with Gasteiger partial charge in [0.2, 0.25) is 0 Å². The molecular weight excluding hydrogens is 256 g/mol. The Morgan fingerprint density at radius 2 is 1.86 bits per heavy atom. The van der Waals surface area contributed by atoms with Crippen LogP contribution in [0.2, 0.25) is 0 Å². The summed E-state index contributed by atoms with van der Waals surface area (Å²) in [6, 6.07) is 10.5. The molecule has 2 unspecified atom stereocenters. The van der Waals surface area contributed by atoms with E-state index in [2.05, 4.69) is 69.1 Å². The smallest absolute Gasteiger partial charge is 0.0368 e. The van der Waals surface area contributed by atoms with Crippen molar-refractivity contribution in [3.63, 3.8) is 0 Å². The molecule has 1 aliphatic rings. The quantitative estimate of drug-likeness (QED) is 0.886. The summed E-state index contributed by atoms with van der Waals surface area (Å²) in [6.07, 6.45) is 3.73. The summed E-state index contributed by atoms with van der Waals surface area (Å²) in [7, 11) is 0. The van der Waals surface area contributed by atoms with Crippen molar-refractivity contribution in [2.45, 2.75) is 71.4 Å². The minimum atomic E-state index is 0.237. The van der Waals surface area contributed by atoms with E-state index < -0.39 is 0 Å². The van der Waals surface area contributed by atoms with Crippen molar-refractivity contribution in [2.75, 3.05) is 18.0 Å². The van der Waals surface area contributed by atoms with Crippen molar-refractivity contribution in [3.8, 4) is 0 Å². The van der Waals surface area contributed by atoms with Gasteiger partial charge < -0.3 is 10.2 Å². The van der Waals surface area contributed by atoms with Gasteiger partial charge in [-0.1, -0.05) is 39.8 Å². The Labute approximate surface area is 130 Å². The van der Waals surface area contributed by atoms with Crippen LogP contribution < -0.4 is 10.2 Å². The number of piperidine rings is 1. The van der Waals surface area contributed by atoms with Gasteiger partial charge in [0.05, 0.1) is 0 Å². The van der Waals surface area contributed by atoms with Crippen LogP contribution in [0.5, 0.6) is 0 Å². The van der Waals surface area contributed by atoms with E-state index in [9.17, 15) is 0 Å². The lowest BCUT2D eigenvalue weighted by Gasteiger charge is -2.40. The van der Waals surface area contributed by atoms with Gasteiger partial charge in [-0.05, 0) is 55.8 Å². The van der Waals surface area contributed by atoms with E-state index in [-0.39, 0.29) is 5.41 Å². The zero-order chi connectivity index (χ0) is 15.5. The van der Waals surface area contributed by atoms with Crippen molar-refractivity contribution in [2.24, 2.45) is 0 Å². The molecule has 0 saturated carbocycles. The maximum Gasteiger partial charge on any atom is 0.0368 e. The number of benzene rings is 1. The first-order valence-electron chi connectivity index (χ1n) is 8.52. The molecule has 21 heavy (non-hydrogen) atoms. The van der Waals surface area contributed by atoms with Gasteiger partial charge in [-0.25, -0.2) is 0 Å². The Bertz CT molecular complexity index is 430. The SMILES string of the molecule is CCCNC1CCN(c2ccc(C(C)(C)C)cc2)C(C)C1. The molecular formula is C19H32N2. The first-order valence-corrected chi connectivity index (χ1v) is 8.52. The van der Waals surface area contributed by atoms with Gasteiger partial charge in [0, 0.05) is 24.3 Å². The lowest BCUT2D eigenvalue weighted by Crippen LogP contribution is -2.47. The van der Waals surface area contributed by atoms with Crippen LogP contribution >= 0.6 is 0 Å². The van der Waals surface area contributed by atoms with Gasteiger partial charge in [0.1, 0.15) is 0 Å². The van der Waals surface area contributed by atoms with Crippen molar-refractivity contribution < 1.29 is 0 Å². The van der Waals surface area contributed by atoms with Crippen molar-refractivity contribution >= 4 is 5.69 Å². The summed E-state index contributed by atoms with van der Waals surface area (Å²) in [4.78, 5) is 2.57. The fourth-order valence-electron chi connectivity index (χ4n) is 3.24. The van der Waals surface area contributed by atoms with E-state index in [1.54, 1.807) is 0 Å². The van der Waals surface area contributed by atoms with Crippen LogP contribution in [0, 0.1) is 0 Å². The van der Waals surface area contributed by atoms with E-state index in [0.717, 1.165) is 13.1 Å². The van der Waals surface area contributed by atoms with Crippen LogP contribution in [-0.2, 0) is 5.41 Å². The summed E-state index contributed by atoms with van der Waals surface area (Å²) in [6.45, 7) is 13.7. The average molecular weight is 288 g/mol. The first-order chi connectivity index (χ1) is 9.91. The predicted molar refractivity (Wildman–Crippen MR) is 93.3 cm³/mol. The highest BCUT2D eigenvalue weighted by molar-refractivity contribution is 5.49. The predicted octanol–water partition coefficient (Wildman–Crippen LogP) is 4.34. The van der Waals surface area contributed by atoms with Crippen LogP contribution in [0.1, 0.15) is 59.4 Å². The first kappa shape index (κ1) is 16.4. The molecule has 1 fully saturated rings. The molecule has 2 atom stereocenters. The monoisotopic (exact) mass is 288 g/mol. The molecule has 1 heterocycles. The normalized spacial score (nSPS) is 23.4. The summed E-state index contributed by atoms with van der Waals surface area (Å²) in [5, 5.41) is 3.68. The number of hydrogen-bond donors (Lipinski definition) is 1. The Hall–Kier alpha value is -1.02. The minimum Gasteiger partial charge on any atom is -0.369 e. The number of hydrogen-bond acceptors (Lipinski definition) is 2. The summed E-state index contributed by atoms with van der Waals surface area (Å²) in [5.74, 6) is 0. The maximum atomic E-state index is 3.68. The van der Waals surface area contributed by atoms with Crippen LogP contribution in [-0.4, -0.2) is 25.2 Å². The van der Waals surface area contributed by atoms with Crippen molar-refractivity contribution in [1.82, 2.24) is 5.32 Å². The number of nitrogens with one attached hydrogen (secondary N) is 1. The molecule has 2 rings (SSSR count). The third kappa shape index (κ3) is 4.23. The molecule has 0 bridgehead atoms. The molecule has 0 amide bonds. The molecule has 0 aliphatic carbocycles. The highest BCUT2D eigenvalue weighted by Crippen LogP contribution is 2.28. The Balaban J connectivity index is 2.00. The second-order valence-corrected chi connectivity index (χ2v) is 7.51. The fourth-order valence-corrected chi connectivity index (χ4v) is 3.24. The van der Waals surface area contributed by atoms with Gasteiger partial charge in [-0.15, -0.1) is 0 Å². The van der Waals surface area contributed by atoms with Gasteiger partial charge in [-0.2, -0.15) is 0 Å². The van der Waals surface area contributed by atoms with E-state index in [1.165, 1.54) is 30.5 Å². The topological polar surface area (TPSA) is 15.3 Å². The van der Waals surface area contributed by atoms with Gasteiger partial charge >= 0.3 is 0 Å². The lowest BCUT2D eigenvalue weighted by atomic mass is 9.87. The Morgan fingerprint density at radius 3 is 2.38 bits per heavy atom. The average Bonchev–Trinajstić information content (AvgIpc) is 2.44. The standard InChI is InChI=1S/C19H32N2/c1-6-12-20-17-11-13-21(15(2)14-17)18-9-7-16(8-10-18)19(3,4)5/h7-10,15,17,20H,6,11-14H2,1-5H3. The van der Waals surface area contributed by atoms with Crippen LogP contribution in [0.15, 0.2) is 24.3 Å². The van der Waals surface area contributed by atoms with E-state index in [4.69, 9.17) is 0 Å². The van der Waals surface area contributed by atoms with Crippen LogP contribution in [0.25, 0.3) is 0 Å². The highest BCUT2D eigenvalue weighted by atomic mass is 15.2. The minimum absolute atomic E-state index is 0.237. The van der Waals surface area contributed by atoms with E-state index in [1.807, 2.05) is 0 Å². The zero-order valence-corrected chi connectivity index (χ0v) is 14.4. The second-order valence-electron chi connectivity index (χ2n) is 7.51. The molecule has 1 aliphatic heterocycles. The van der Waals surface area contributed by atoms with Crippen LogP contribution in [0.4, 0.5) is 5.69 Å². The Morgan fingerprint density at radius 1 is 1.19 bits per heavy atom.